The molecule has 1 amide bonds. The number of benzene rings is 1. The van der Waals surface area contributed by atoms with Crippen LogP contribution >= 0.6 is 0 Å². The Hall–Kier alpha value is -2.60. The Balaban J connectivity index is 1.77. The van der Waals surface area contributed by atoms with Crippen molar-refractivity contribution in [3.05, 3.63) is 52.4 Å². The zero-order valence-electron chi connectivity index (χ0n) is 12.7. The number of rotatable bonds is 1. The molecular formula is C17H18N4O2. The lowest BCUT2D eigenvalue weighted by Gasteiger charge is -2.20. The minimum Gasteiger partial charge on any atom is -0.337 e. The third-order valence-electron chi connectivity index (χ3n) is 4.36. The van der Waals surface area contributed by atoms with Crippen LogP contribution in [-0.2, 0) is 0 Å². The van der Waals surface area contributed by atoms with Gasteiger partial charge in [0, 0.05) is 31.4 Å². The van der Waals surface area contributed by atoms with Gasteiger partial charge in [-0.05, 0) is 43.3 Å². The number of H-pyrrole nitrogens is 1. The van der Waals surface area contributed by atoms with Gasteiger partial charge in [-0.1, -0.05) is 0 Å². The first-order valence-corrected chi connectivity index (χ1v) is 7.87. The molecule has 2 N–H and O–H groups in total. The number of nitrogens with zero attached hydrogens (tertiary/aromatic N) is 2. The molecule has 1 aromatic carbocycles. The monoisotopic (exact) mass is 310 g/mol. The Morgan fingerprint density at radius 2 is 2.00 bits per heavy atom. The number of amides is 1. The zero-order chi connectivity index (χ0) is 15.8. The first kappa shape index (κ1) is 14.0. The van der Waals surface area contributed by atoms with Crippen molar-refractivity contribution < 1.29 is 4.79 Å². The molecule has 3 aromatic rings. The van der Waals surface area contributed by atoms with Gasteiger partial charge in [-0.15, -0.1) is 0 Å². The summed E-state index contributed by atoms with van der Waals surface area (Å²) in [4.78, 5) is 29.5. The fourth-order valence-corrected chi connectivity index (χ4v) is 3.17. The average molecular weight is 310 g/mol. The molecule has 4 rings (SSSR count). The third kappa shape index (κ3) is 2.41. The number of fused-ring (bicyclic) bond motifs is 3. The van der Waals surface area contributed by atoms with Crippen LogP contribution in [0.4, 0.5) is 0 Å². The van der Waals surface area contributed by atoms with Crippen LogP contribution in [0.25, 0.3) is 16.6 Å². The highest BCUT2D eigenvalue weighted by atomic mass is 16.2. The fourth-order valence-electron chi connectivity index (χ4n) is 3.17. The van der Waals surface area contributed by atoms with E-state index in [1.165, 1.54) is 0 Å². The minimum absolute atomic E-state index is 0.0176. The molecule has 0 atom stereocenters. The van der Waals surface area contributed by atoms with Crippen LogP contribution < -0.4 is 10.9 Å². The predicted octanol–water partition coefficient (Wildman–Crippen LogP) is 1.22. The highest BCUT2D eigenvalue weighted by molar-refractivity contribution is 5.97. The molecular weight excluding hydrogens is 292 g/mol. The molecule has 0 aliphatic carbocycles. The summed E-state index contributed by atoms with van der Waals surface area (Å²) in [6.07, 6.45) is 2.81. The Morgan fingerprint density at radius 3 is 2.91 bits per heavy atom. The summed E-state index contributed by atoms with van der Waals surface area (Å²) < 4.78 is 1.85. The Morgan fingerprint density at radius 1 is 1.09 bits per heavy atom. The second kappa shape index (κ2) is 5.55. The van der Waals surface area contributed by atoms with Crippen LogP contribution in [0.15, 0.2) is 41.3 Å². The van der Waals surface area contributed by atoms with E-state index in [1.54, 1.807) is 12.1 Å². The minimum atomic E-state index is -0.147. The van der Waals surface area contributed by atoms with Gasteiger partial charge in [0.2, 0.25) is 0 Å². The van der Waals surface area contributed by atoms with E-state index in [0.717, 1.165) is 31.6 Å². The van der Waals surface area contributed by atoms with Gasteiger partial charge >= 0.3 is 0 Å². The maximum absolute atomic E-state index is 12.7. The molecule has 2 aromatic heterocycles. The van der Waals surface area contributed by atoms with Gasteiger partial charge in [0.05, 0.1) is 11.0 Å². The molecule has 6 heteroatoms. The van der Waals surface area contributed by atoms with Crippen molar-refractivity contribution in [2.24, 2.45) is 0 Å². The van der Waals surface area contributed by atoms with Gasteiger partial charge in [-0.2, -0.15) is 0 Å². The summed E-state index contributed by atoms with van der Waals surface area (Å²) in [6.45, 7) is 3.24. The second-order valence-corrected chi connectivity index (χ2v) is 5.85. The lowest BCUT2D eigenvalue weighted by atomic mass is 10.1. The third-order valence-corrected chi connectivity index (χ3v) is 4.36. The van der Waals surface area contributed by atoms with Crippen LogP contribution in [0.5, 0.6) is 0 Å². The molecule has 118 valence electrons. The van der Waals surface area contributed by atoms with Crippen LogP contribution in [-0.4, -0.2) is 46.4 Å². The molecule has 1 saturated heterocycles. The smallest absolute Gasteiger partial charge is 0.272 e. The molecule has 3 heterocycles. The number of nitrogens with one attached hydrogen (secondary N) is 2. The molecule has 0 saturated carbocycles. The normalized spacial score (nSPS) is 15.9. The van der Waals surface area contributed by atoms with Gasteiger partial charge in [0.25, 0.3) is 11.5 Å². The van der Waals surface area contributed by atoms with E-state index >= 15 is 0 Å². The van der Waals surface area contributed by atoms with Gasteiger partial charge < -0.3 is 19.6 Å². The van der Waals surface area contributed by atoms with Gasteiger partial charge in [0.1, 0.15) is 5.52 Å². The van der Waals surface area contributed by atoms with Crippen molar-refractivity contribution in [2.45, 2.75) is 6.42 Å². The van der Waals surface area contributed by atoms with Crippen molar-refractivity contribution in [3.8, 4) is 0 Å². The molecule has 0 bridgehead atoms. The largest absolute Gasteiger partial charge is 0.337 e. The van der Waals surface area contributed by atoms with E-state index in [0.29, 0.717) is 23.1 Å². The van der Waals surface area contributed by atoms with E-state index in [-0.39, 0.29) is 11.5 Å². The summed E-state index contributed by atoms with van der Waals surface area (Å²) in [6, 6.07) is 9.12. The lowest BCUT2D eigenvalue weighted by Crippen LogP contribution is -2.34. The van der Waals surface area contributed by atoms with Crippen molar-refractivity contribution in [2.75, 3.05) is 26.2 Å². The fraction of sp³-hybridized carbons (Fsp3) is 0.294. The van der Waals surface area contributed by atoms with Crippen molar-refractivity contribution >= 4 is 22.5 Å². The Bertz CT molecular complexity index is 933. The number of carbonyl (C=O) groups is 1. The molecule has 1 aliphatic heterocycles. The van der Waals surface area contributed by atoms with E-state index in [2.05, 4.69) is 10.3 Å². The molecule has 1 aliphatic rings. The summed E-state index contributed by atoms with van der Waals surface area (Å²) in [5, 5.41) is 3.29. The second-order valence-electron chi connectivity index (χ2n) is 5.85. The zero-order valence-corrected chi connectivity index (χ0v) is 12.7. The van der Waals surface area contributed by atoms with E-state index in [9.17, 15) is 9.59 Å². The van der Waals surface area contributed by atoms with Crippen LogP contribution in [0, 0.1) is 0 Å². The summed E-state index contributed by atoms with van der Waals surface area (Å²) >= 11 is 0. The van der Waals surface area contributed by atoms with Crippen molar-refractivity contribution in [1.29, 1.82) is 0 Å². The quantitative estimate of drug-likeness (QED) is 0.710. The maximum atomic E-state index is 12.7. The highest BCUT2D eigenvalue weighted by Gasteiger charge is 2.17. The SMILES string of the molecule is O=C(c1ccc2c(c1)[nH]c(=O)c1cccn12)N1CCCNCC1. The number of hydrogen-bond acceptors (Lipinski definition) is 3. The van der Waals surface area contributed by atoms with Gasteiger partial charge in [0.15, 0.2) is 0 Å². The summed E-state index contributed by atoms with van der Waals surface area (Å²) in [7, 11) is 0. The lowest BCUT2D eigenvalue weighted by molar-refractivity contribution is 0.0766. The summed E-state index contributed by atoms with van der Waals surface area (Å²) in [5.41, 5.74) is 2.64. The van der Waals surface area contributed by atoms with Gasteiger partial charge in [-0.25, -0.2) is 0 Å². The number of carbonyl (C=O) groups excluding carboxylic acids is 1. The Kier molecular flexibility index (Phi) is 3.38. The van der Waals surface area contributed by atoms with Crippen molar-refractivity contribution in [1.82, 2.24) is 19.6 Å². The van der Waals surface area contributed by atoms with Crippen molar-refractivity contribution in [3.63, 3.8) is 0 Å². The van der Waals surface area contributed by atoms with E-state index in [4.69, 9.17) is 0 Å². The first-order chi connectivity index (χ1) is 11.2. The maximum Gasteiger partial charge on any atom is 0.272 e. The predicted molar refractivity (Wildman–Crippen MR) is 88.9 cm³/mol. The van der Waals surface area contributed by atoms with Crippen LogP contribution in [0.3, 0.4) is 0 Å². The highest BCUT2D eigenvalue weighted by Crippen LogP contribution is 2.16. The van der Waals surface area contributed by atoms with Crippen LogP contribution in [0.2, 0.25) is 0 Å². The van der Waals surface area contributed by atoms with Gasteiger partial charge in [-0.3, -0.25) is 9.59 Å². The standard InChI is InChI=1S/C17H18N4O2/c22-16-15-3-1-9-21(15)14-5-4-12(11-13(14)19-16)17(23)20-8-2-6-18-7-10-20/h1,3-5,9,11,18H,2,6-8,10H2,(H,19,22). The molecule has 6 nitrogen and oxygen atoms in total. The molecule has 0 spiro atoms. The molecule has 23 heavy (non-hydrogen) atoms. The van der Waals surface area contributed by atoms with E-state index < -0.39 is 0 Å². The average Bonchev–Trinajstić information content (AvgIpc) is 2.90. The number of hydrogen-bond donors (Lipinski definition) is 2. The van der Waals surface area contributed by atoms with Crippen LogP contribution in [0.1, 0.15) is 16.8 Å². The Labute approximate surface area is 132 Å². The number of aromatic nitrogens is 2. The molecule has 1 fully saturated rings. The first-order valence-electron chi connectivity index (χ1n) is 7.87. The topological polar surface area (TPSA) is 69.6 Å². The number of aromatic amines is 1. The molecule has 0 unspecified atom stereocenters. The molecule has 0 radical (unpaired) electrons. The summed E-state index contributed by atoms with van der Waals surface area (Å²) in [5.74, 6) is 0.0176. The van der Waals surface area contributed by atoms with E-state index in [1.807, 2.05) is 33.7 Å².